The van der Waals surface area contributed by atoms with Gasteiger partial charge in [-0.05, 0) is 141 Å². The van der Waals surface area contributed by atoms with Crippen molar-refractivity contribution in [2.24, 2.45) is 47.3 Å². The van der Waals surface area contributed by atoms with Crippen molar-refractivity contribution in [1.29, 1.82) is 0 Å². The number of nitrogens with zero attached hydrogens (tertiary/aromatic N) is 2. The van der Waals surface area contributed by atoms with E-state index in [0.717, 1.165) is 40.2 Å². The van der Waals surface area contributed by atoms with Crippen molar-refractivity contribution in [3.05, 3.63) is 0 Å². The molecule has 1 rings (SSSR count). The summed E-state index contributed by atoms with van der Waals surface area (Å²) in [7, 11) is -9.99. The molecule has 2 N–H and O–H groups in total. The van der Waals surface area contributed by atoms with E-state index in [1.165, 1.54) is 67.0 Å². The minimum Gasteiger partial charge on any atom is -0.455 e. The van der Waals surface area contributed by atoms with Crippen molar-refractivity contribution in [2.75, 3.05) is 85.8 Å². The first-order valence-electron chi connectivity index (χ1n) is 46.4. The van der Waals surface area contributed by atoms with Crippen molar-refractivity contribution in [1.82, 2.24) is 20.4 Å². The highest BCUT2D eigenvalue weighted by Crippen LogP contribution is 2.51. The average Bonchev–Trinajstić information content (AvgIpc) is 0.842. The van der Waals surface area contributed by atoms with Crippen molar-refractivity contribution >= 4 is 112 Å². The Hall–Kier alpha value is -1.76. The van der Waals surface area contributed by atoms with Crippen LogP contribution in [-0.4, -0.2) is 228 Å². The highest BCUT2D eigenvalue weighted by molar-refractivity contribution is 8.08. The fraction of sp³-hybridized carbons (Fsp3) is 0.945. The zero-order valence-electron chi connectivity index (χ0n) is 90.4. The summed E-state index contributed by atoms with van der Waals surface area (Å²) in [6.07, 6.45) is 0.988. The lowest BCUT2D eigenvalue weighted by Gasteiger charge is -2.38. The zero-order valence-corrected chi connectivity index (χ0v) is 96.8. The van der Waals surface area contributed by atoms with Crippen LogP contribution in [0.15, 0.2) is 0 Å². The number of carbonyl (C=O) groups excluding carboxylic acids is 5. The Kier molecular flexibility index (Phi) is 82.8. The van der Waals surface area contributed by atoms with E-state index in [4.69, 9.17) is 18.1 Å². The third-order valence-corrected chi connectivity index (χ3v) is 50.3. The first-order chi connectivity index (χ1) is 55.0. The molecule has 1 heterocycles. The van der Waals surface area contributed by atoms with E-state index in [0.29, 0.717) is 61.1 Å². The van der Waals surface area contributed by atoms with Gasteiger partial charge in [-0.25, -0.2) is 25.3 Å². The number of piperazine rings is 1. The van der Waals surface area contributed by atoms with Crippen LogP contribution in [0.1, 0.15) is 305 Å². The Morgan fingerprint density at radius 2 is 0.650 bits per heavy atom. The molecule has 0 saturated carbocycles. The number of nitrogens with one attached hydrogen (secondary N) is 2. The van der Waals surface area contributed by atoms with E-state index < -0.39 is 76.9 Å². The van der Waals surface area contributed by atoms with Gasteiger partial charge in [-0.2, -0.15) is 0 Å². The Bertz CT molecular complexity index is 2870. The molecule has 2 amide bonds. The van der Waals surface area contributed by atoms with E-state index >= 15 is 0 Å². The fourth-order valence-corrected chi connectivity index (χ4v) is 24.9. The third-order valence-electron chi connectivity index (χ3n) is 22.3. The predicted molar refractivity (Wildman–Crippen MR) is 548 cm³/mol. The highest BCUT2D eigenvalue weighted by atomic mass is 32.3. The number of sulfone groups is 3. The molecule has 0 radical (unpaired) electrons. The normalized spacial score (nSPS) is 13.1. The largest absolute Gasteiger partial charge is 0.455 e. The van der Waals surface area contributed by atoms with E-state index in [1.807, 2.05) is 62.1 Å². The van der Waals surface area contributed by atoms with Crippen molar-refractivity contribution in [3.8, 4) is 0 Å². The summed E-state index contributed by atoms with van der Waals surface area (Å²) in [5, 5.41) is 2.70. The standard InChI is InChI=1S/C12H26N2.C10H26OSi2.C9H22B2O2.C9H18N2O2.C9H16O4.C8H20Si.C7H17BO.C7H16O4S2.C7H17OP.C7H14O.C6H14O2S/c1-11(2)9-13-5-7-14(8-6-13)10-12(3)4;1-9(2)12(5,6)11-13(7,8)10(3)4;1-8(2)10(12-5)7-11(13-6)9(3)4;1-6(2)8(12)10-5-11-9(13)7(3)4;1-6(2)8(10)12-5-13-9(11)7(3)4;1-7(2)9(5,6)8(3)4;1-6(2)8(9-5)7(3)4;1-6(2)12(8,9)5-13(10,11)7(3)4;1-6(2)9(5,8)7(3)4;1-5(2)7(8)6(3)4;1-5(2)9(7,8)6(3)4/h11-12H,5-10H2,1-4H3;9-10H,1-8H3;8-9H,7H2,1-6H3;6-7H,5H2,1-4H3,(H,10,12)(H,11,13);6-7H,5H2,1-4H3;7-8H,1-6H3;6-7H,1-5H3;6-7H,5H2,1-4H3;6-7H,1-5H3;5-6H,1-4H3;5-6H,1-4H3. The average molecular weight is 1890 g/mol. The van der Waals surface area contributed by atoms with Crippen LogP contribution in [0.3, 0.4) is 0 Å². The summed E-state index contributed by atoms with van der Waals surface area (Å²) in [6.45, 7) is 113. The molecule has 0 spiro atoms. The molecule has 0 aromatic rings. The van der Waals surface area contributed by atoms with Crippen molar-refractivity contribution < 1.29 is 81.3 Å². The number of carbonyl (C=O) groups is 5. The van der Waals surface area contributed by atoms with Crippen LogP contribution in [0.2, 0.25) is 90.9 Å². The van der Waals surface area contributed by atoms with Crippen LogP contribution in [0.25, 0.3) is 0 Å². The van der Waals surface area contributed by atoms with Gasteiger partial charge in [0, 0.05) is 95.6 Å². The second-order valence-electron chi connectivity index (χ2n) is 41.7. The Labute approximate surface area is 769 Å². The van der Waals surface area contributed by atoms with Crippen LogP contribution < -0.4 is 10.6 Å². The summed E-state index contributed by atoms with van der Waals surface area (Å²) in [6, 6.07) is 0. The van der Waals surface area contributed by atoms with Gasteiger partial charge in [0.15, 0.2) is 51.2 Å². The van der Waals surface area contributed by atoms with Crippen molar-refractivity contribution in [2.45, 2.75) is 428 Å². The lowest BCUT2D eigenvalue weighted by atomic mass is 9.37. The van der Waals surface area contributed by atoms with Gasteiger partial charge in [0.2, 0.25) is 18.6 Å². The number of hydrogen-bond donors (Lipinski definition) is 2. The van der Waals surface area contributed by atoms with Gasteiger partial charge < -0.3 is 52.6 Å². The van der Waals surface area contributed by atoms with Gasteiger partial charge in [0.05, 0.1) is 54.7 Å². The zero-order chi connectivity index (χ0) is 101. The number of hydrogen-bond acceptors (Lipinski definition) is 20. The SMILES string of the molecule is CC(C)C(=O)C(C)C.CC(C)C(=O)NCNC(=O)C(C)C.CC(C)C(=O)OCOC(=O)C(C)C.CC(C)CN1CCN(CC(C)C)CC1.CC(C)P(C)(=O)C(C)C.CC(C)S(=O)(=O)C(C)C.CC(C)S(=O)(=O)CS(=O)(=O)C(C)C.CC(C)[Si](C)(C)C(C)C.CC(C)[Si](C)(C)O[Si](C)(C)C(C)C.COB(C(C)C)C(C)C.COB(CB(OC)C(C)C)C(C)C. The molecule has 0 unspecified atom stereocenters. The quantitative estimate of drug-likeness (QED) is 0.0253. The number of esters is 2. The van der Waals surface area contributed by atoms with Crippen LogP contribution >= 0.6 is 7.14 Å². The van der Waals surface area contributed by atoms with Crippen LogP contribution in [0, 0.1) is 47.3 Å². The van der Waals surface area contributed by atoms with E-state index in [-0.39, 0.29) is 83.2 Å². The molecule has 0 bridgehead atoms. The van der Waals surface area contributed by atoms with Gasteiger partial charge in [-0.15, -0.1) is 0 Å². The minimum absolute atomic E-state index is 0.0454. The van der Waals surface area contributed by atoms with Gasteiger partial charge in [-0.3, -0.25) is 24.0 Å². The lowest BCUT2D eigenvalue weighted by Crippen LogP contribution is -2.48. The maximum absolute atomic E-state index is 11.6. The number of ketones is 1. The lowest BCUT2D eigenvalue weighted by molar-refractivity contribution is -0.171. The first-order valence-corrected chi connectivity index (χ1v) is 62.8. The molecular formula is C91H206B3N4O18PS3Si3. The highest BCUT2D eigenvalue weighted by Gasteiger charge is 2.38. The number of amides is 2. The summed E-state index contributed by atoms with van der Waals surface area (Å²) in [5.41, 5.74) is 3.99. The monoisotopic (exact) mass is 1890 g/mol. The van der Waals surface area contributed by atoms with Crippen LogP contribution in [0.4, 0.5) is 0 Å². The van der Waals surface area contributed by atoms with Crippen LogP contribution in [-0.2, 0) is 85.6 Å². The van der Waals surface area contributed by atoms with Gasteiger partial charge >= 0.3 is 11.9 Å². The molecule has 1 aliphatic heterocycles. The van der Waals surface area contributed by atoms with Gasteiger partial charge in [-0.1, -0.05) is 273 Å². The second-order valence-corrected chi connectivity index (χ2v) is 69.9. The maximum Gasteiger partial charge on any atom is 0.311 e. The van der Waals surface area contributed by atoms with E-state index in [1.54, 1.807) is 104 Å². The summed E-state index contributed by atoms with van der Waals surface area (Å²) >= 11 is 0. The molecule has 1 fully saturated rings. The summed E-state index contributed by atoms with van der Waals surface area (Å²) < 4.78 is 111. The van der Waals surface area contributed by atoms with Gasteiger partial charge in [0.25, 0.3) is 20.7 Å². The molecule has 123 heavy (non-hydrogen) atoms. The van der Waals surface area contributed by atoms with E-state index in [9.17, 15) is 53.8 Å². The number of Topliss-reactive ketones (excluding diaryl/α,β-unsaturated/α-hetero) is 1. The predicted octanol–water partition coefficient (Wildman–Crippen LogP) is 23.0. The topological polar surface area (TPSA) is 291 Å². The molecule has 0 atom stereocenters. The second kappa shape index (κ2) is 71.9. The number of ether oxygens (including phenoxy) is 2. The minimum atomic E-state index is -3.49. The Morgan fingerprint density at radius 3 is 0.772 bits per heavy atom. The molecule has 1 saturated heterocycles. The fourth-order valence-electron chi connectivity index (χ4n) is 10.0. The van der Waals surface area contributed by atoms with Crippen molar-refractivity contribution in [3.63, 3.8) is 0 Å². The van der Waals surface area contributed by atoms with Crippen LogP contribution in [0.5, 0.6) is 0 Å². The Morgan fingerprint density at radius 1 is 0.382 bits per heavy atom. The molecule has 0 aromatic heterocycles. The smallest absolute Gasteiger partial charge is 0.311 e. The molecule has 22 nitrogen and oxygen atoms in total. The maximum atomic E-state index is 11.6. The summed E-state index contributed by atoms with van der Waals surface area (Å²) in [4.78, 5) is 59.9. The number of rotatable bonds is 37. The molecule has 742 valence electrons. The molecular weight excluding hydrogens is 1680 g/mol. The van der Waals surface area contributed by atoms with Gasteiger partial charge in [0.1, 0.15) is 5.78 Å². The third kappa shape index (κ3) is 74.5. The molecule has 0 aliphatic carbocycles. The molecule has 32 heteroatoms. The first kappa shape index (κ1) is 142. The summed E-state index contributed by atoms with van der Waals surface area (Å²) in [5.74, 6) is 3.45. The Balaban J connectivity index is -0.000000143. The molecule has 1 aliphatic rings. The molecule has 0 aromatic carbocycles. The van der Waals surface area contributed by atoms with E-state index in [2.05, 4.69) is 208 Å².